The van der Waals surface area contributed by atoms with Gasteiger partial charge in [-0.05, 0) is 25.0 Å². The van der Waals surface area contributed by atoms with Crippen LogP contribution in [0.4, 0.5) is 0 Å². The molecule has 28 heavy (non-hydrogen) atoms. The summed E-state index contributed by atoms with van der Waals surface area (Å²) in [4.78, 5) is 24.1. The lowest BCUT2D eigenvalue weighted by atomic mass is 10.1. The second-order valence-corrected chi connectivity index (χ2v) is 9.25. The van der Waals surface area contributed by atoms with Crippen molar-refractivity contribution in [3.8, 4) is 0 Å². The SMILES string of the molecule is CC(NC(=O)CCSSCCC(=O)NC(C)c1ccccc1)c1ccccc1. The Labute approximate surface area is 175 Å². The lowest BCUT2D eigenvalue weighted by Crippen LogP contribution is -2.27. The maximum absolute atomic E-state index is 12.0. The quantitative estimate of drug-likeness (QED) is 0.404. The van der Waals surface area contributed by atoms with Gasteiger partial charge in [-0.1, -0.05) is 82.3 Å². The van der Waals surface area contributed by atoms with E-state index in [0.29, 0.717) is 12.8 Å². The number of hydrogen-bond donors (Lipinski definition) is 2. The van der Waals surface area contributed by atoms with Gasteiger partial charge in [0.05, 0.1) is 12.1 Å². The second kappa shape index (κ2) is 12.5. The van der Waals surface area contributed by atoms with Crippen LogP contribution < -0.4 is 10.6 Å². The zero-order valence-electron chi connectivity index (χ0n) is 16.4. The van der Waals surface area contributed by atoms with Gasteiger partial charge < -0.3 is 10.6 Å². The van der Waals surface area contributed by atoms with E-state index in [1.807, 2.05) is 74.5 Å². The molecule has 2 aromatic carbocycles. The molecule has 0 radical (unpaired) electrons. The average molecular weight is 417 g/mol. The summed E-state index contributed by atoms with van der Waals surface area (Å²) < 4.78 is 0. The summed E-state index contributed by atoms with van der Waals surface area (Å²) >= 11 is 0. The van der Waals surface area contributed by atoms with Gasteiger partial charge in [0, 0.05) is 24.3 Å². The molecule has 6 heteroatoms. The van der Waals surface area contributed by atoms with E-state index in [9.17, 15) is 9.59 Å². The van der Waals surface area contributed by atoms with Crippen LogP contribution in [0.3, 0.4) is 0 Å². The Morgan fingerprint density at radius 3 is 1.43 bits per heavy atom. The third kappa shape index (κ3) is 8.40. The Bertz CT molecular complexity index is 662. The van der Waals surface area contributed by atoms with Crippen LogP contribution >= 0.6 is 21.6 Å². The third-order valence-electron chi connectivity index (χ3n) is 4.26. The molecule has 2 aromatic rings. The number of carbonyl (C=O) groups excluding carboxylic acids is 2. The molecule has 2 unspecified atom stereocenters. The Kier molecular flexibility index (Phi) is 10.0. The summed E-state index contributed by atoms with van der Waals surface area (Å²) in [7, 11) is 3.28. The molecule has 0 heterocycles. The van der Waals surface area contributed by atoms with Crippen LogP contribution in [0.2, 0.25) is 0 Å². The van der Waals surface area contributed by atoms with Gasteiger partial charge in [0.1, 0.15) is 0 Å². The lowest BCUT2D eigenvalue weighted by molar-refractivity contribution is -0.122. The van der Waals surface area contributed by atoms with E-state index < -0.39 is 0 Å². The van der Waals surface area contributed by atoms with Crippen molar-refractivity contribution in [1.29, 1.82) is 0 Å². The first-order valence-electron chi connectivity index (χ1n) is 9.49. The topological polar surface area (TPSA) is 58.2 Å². The van der Waals surface area contributed by atoms with Crippen LogP contribution in [0.1, 0.15) is 49.9 Å². The highest BCUT2D eigenvalue weighted by Gasteiger charge is 2.10. The van der Waals surface area contributed by atoms with Crippen LogP contribution in [0.5, 0.6) is 0 Å². The first kappa shape index (κ1) is 22.4. The van der Waals surface area contributed by atoms with Crippen LogP contribution in [0.25, 0.3) is 0 Å². The molecule has 150 valence electrons. The van der Waals surface area contributed by atoms with Crippen molar-refractivity contribution < 1.29 is 9.59 Å². The lowest BCUT2D eigenvalue weighted by Gasteiger charge is -2.14. The van der Waals surface area contributed by atoms with Crippen molar-refractivity contribution in [3.05, 3.63) is 71.8 Å². The van der Waals surface area contributed by atoms with Gasteiger partial charge in [-0.25, -0.2) is 0 Å². The molecule has 0 saturated carbocycles. The molecule has 2 rings (SSSR count). The highest BCUT2D eigenvalue weighted by Crippen LogP contribution is 2.23. The fourth-order valence-electron chi connectivity index (χ4n) is 2.66. The van der Waals surface area contributed by atoms with Gasteiger partial charge in [0.25, 0.3) is 0 Å². The molecule has 0 aliphatic rings. The Morgan fingerprint density at radius 1 is 0.714 bits per heavy atom. The Hall–Kier alpha value is -1.92. The Morgan fingerprint density at radius 2 is 1.07 bits per heavy atom. The van der Waals surface area contributed by atoms with Crippen molar-refractivity contribution >= 4 is 33.4 Å². The van der Waals surface area contributed by atoms with E-state index in [2.05, 4.69) is 10.6 Å². The zero-order chi connectivity index (χ0) is 20.2. The summed E-state index contributed by atoms with van der Waals surface area (Å²) in [5, 5.41) is 6.03. The first-order chi connectivity index (χ1) is 13.6. The zero-order valence-corrected chi connectivity index (χ0v) is 18.0. The van der Waals surface area contributed by atoms with E-state index in [4.69, 9.17) is 0 Å². The molecule has 0 aliphatic carbocycles. The van der Waals surface area contributed by atoms with Gasteiger partial charge in [0.15, 0.2) is 0 Å². The van der Waals surface area contributed by atoms with E-state index in [-0.39, 0.29) is 23.9 Å². The van der Waals surface area contributed by atoms with Crippen LogP contribution in [-0.2, 0) is 9.59 Å². The highest BCUT2D eigenvalue weighted by molar-refractivity contribution is 8.76. The number of benzene rings is 2. The van der Waals surface area contributed by atoms with Crippen molar-refractivity contribution in [2.24, 2.45) is 0 Å². The van der Waals surface area contributed by atoms with Gasteiger partial charge in [-0.3, -0.25) is 9.59 Å². The molecular weight excluding hydrogens is 388 g/mol. The maximum atomic E-state index is 12.0. The monoisotopic (exact) mass is 416 g/mol. The summed E-state index contributed by atoms with van der Waals surface area (Å²) in [6, 6.07) is 19.9. The molecule has 0 fully saturated rings. The van der Waals surface area contributed by atoms with E-state index in [1.54, 1.807) is 21.6 Å². The number of rotatable bonds is 11. The summed E-state index contributed by atoms with van der Waals surface area (Å²) in [5.74, 6) is 1.58. The standard InChI is InChI=1S/C22H28N2O2S2/c1-17(19-9-5-3-6-10-19)23-21(25)13-15-27-28-16-14-22(26)24-18(2)20-11-7-4-8-12-20/h3-12,17-18H,13-16H2,1-2H3,(H,23,25)(H,24,26). The normalized spacial score (nSPS) is 12.8. The summed E-state index contributed by atoms with van der Waals surface area (Å²) in [6.45, 7) is 3.98. The van der Waals surface area contributed by atoms with Gasteiger partial charge in [0.2, 0.25) is 11.8 Å². The van der Waals surface area contributed by atoms with E-state index >= 15 is 0 Å². The highest BCUT2D eigenvalue weighted by atomic mass is 33.1. The molecule has 2 atom stereocenters. The molecule has 4 nitrogen and oxygen atoms in total. The molecule has 0 spiro atoms. The molecule has 2 N–H and O–H groups in total. The molecule has 0 saturated heterocycles. The minimum absolute atomic E-state index is 0.0154. The fraction of sp³-hybridized carbons (Fsp3) is 0.364. The smallest absolute Gasteiger partial charge is 0.221 e. The summed E-state index contributed by atoms with van der Waals surface area (Å²) in [5.41, 5.74) is 2.21. The second-order valence-electron chi connectivity index (χ2n) is 6.54. The Balaban J connectivity index is 1.53. The number of carbonyl (C=O) groups is 2. The van der Waals surface area contributed by atoms with Crippen molar-refractivity contribution in [1.82, 2.24) is 10.6 Å². The van der Waals surface area contributed by atoms with Crippen LogP contribution in [0, 0.1) is 0 Å². The fourth-order valence-corrected chi connectivity index (χ4v) is 4.64. The molecule has 0 aliphatic heterocycles. The molecule has 0 aromatic heterocycles. The molecule has 0 bridgehead atoms. The van der Waals surface area contributed by atoms with Gasteiger partial charge in [-0.2, -0.15) is 0 Å². The number of amides is 2. The number of nitrogens with one attached hydrogen (secondary N) is 2. The number of hydrogen-bond acceptors (Lipinski definition) is 4. The van der Waals surface area contributed by atoms with Gasteiger partial charge in [-0.15, -0.1) is 0 Å². The predicted molar refractivity (Wildman–Crippen MR) is 120 cm³/mol. The molecule has 2 amide bonds. The average Bonchev–Trinajstić information content (AvgIpc) is 2.71. The third-order valence-corrected chi connectivity index (χ3v) is 6.67. The van der Waals surface area contributed by atoms with Gasteiger partial charge >= 0.3 is 0 Å². The first-order valence-corrected chi connectivity index (χ1v) is 12.0. The van der Waals surface area contributed by atoms with Crippen molar-refractivity contribution in [3.63, 3.8) is 0 Å². The van der Waals surface area contributed by atoms with E-state index in [0.717, 1.165) is 22.6 Å². The minimum Gasteiger partial charge on any atom is -0.350 e. The summed E-state index contributed by atoms with van der Waals surface area (Å²) in [6.07, 6.45) is 0.957. The van der Waals surface area contributed by atoms with Crippen LogP contribution in [-0.4, -0.2) is 23.3 Å². The van der Waals surface area contributed by atoms with Crippen molar-refractivity contribution in [2.45, 2.75) is 38.8 Å². The van der Waals surface area contributed by atoms with E-state index in [1.165, 1.54) is 0 Å². The maximum Gasteiger partial charge on any atom is 0.221 e. The minimum atomic E-state index is 0.0154. The largest absolute Gasteiger partial charge is 0.350 e. The van der Waals surface area contributed by atoms with Crippen LogP contribution in [0.15, 0.2) is 60.7 Å². The molecular formula is C22H28N2O2S2. The van der Waals surface area contributed by atoms with Crippen molar-refractivity contribution in [2.75, 3.05) is 11.5 Å². The predicted octanol–water partition coefficient (Wildman–Crippen LogP) is 4.90.